The molecule has 0 saturated carbocycles. The molecule has 17 heavy (non-hydrogen) atoms. The Labute approximate surface area is 105 Å². The van der Waals surface area contributed by atoms with Crippen molar-refractivity contribution < 1.29 is 8.42 Å². The maximum atomic E-state index is 12.2. The van der Waals surface area contributed by atoms with Gasteiger partial charge in [0.15, 0.2) is 0 Å². The van der Waals surface area contributed by atoms with Crippen molar-refractivity contribution >= 4 is 21.6 Å². The highest BCUT2D eigenvalue weighted by Gasteiger charge is 2.26. The largest absolute Gasteiger partial charge is 0.326 e. The van der Waals surface area contributed by atoms with Gasteiger partial charge in [0, 0.05) is 18.8 Å². The van der Waals surface area contributed by atoms with Crippen LogP contribution in [0.4, 0.5) is 0 Å². The van der Waals surface area contributed by atoms with Crippen LogP contribution in [0.1, 0.15) is 20.8 Å². The molecule has 0 radical (unpaired) electrons. The van der Waals surface area contributed by atoms with Crippen molar-refractivity contribution in [2.24, 2.45) is 0 Å². The van der Waals surface area contributed by atoms with Gasteiger partial charge in [-0.05, 0) is 19.9 Å². The van der Waals surface area contributed by atoms with E-state index in [-0.39, 0.29) is 16.0 Å². The summed E-state index contributed by atoms with van der Waals surface area (Å²) in [5.41, 5.74) is -0.502. The Bertz CT molecular complexity index is 551. The lowest BCUT2D eigenvalue weighted by Crippen LogP contribution is -2.36. The standard InChI is InChI=1S/C10H15ClN2O3S/c1-4-13(7(2)3)17(15,16)8-5-9(11)10(14)12-6-8/h5-7H,4H2,1-3H3,(H,12,14). The van der Waals surface area contributed by atoms with Gasteiger partial charge in [0.25, 0.3) is 5.56 Å². The number of halogens is 1. The van der Waals surface area contributed by atoms with E-state index in [0.717, 1.165) is 6.20 Å². The summed E-state index contributed by atoms with van der Waals surface area (Å²) >= 11 is 5.62. The molecular formula is C10H15ClN2O3S. The predicted octanol–water partition coefficient (Wildman–Crippen LogP) is 1.45. The van der Waals surface area contributed by atoms with Crippen LogP contribution in [0.5, 0.6) is 0 Å². The van der Waals surface area contributed by atoms with E-state index >= 15 is 0 Å². The highest BCUT2D eigenvalue weighted by molar-refractivity contribution is 7.89. The van der Waals surface area contributed by atoms with E-state index in [0.29, 0.717) is 6.54 Å². The Balaban J connectivity index is 3.30. The Morgan fingerprint density at radius 2 is 2.06 bits per heavy atom. The summed E-state index contributed by atoms with van der Waals surface area (Å²) in [6, 6.07) is 1.01. The van der Waals surface area contributed by atoms with Gasteiger partial charge in [0.2, 0.25) is 10.0 Å². The van der Waals surface area contributed by atoms with Crippen LogP contribution >= 0.6 is 11.6 Å². The number of rotatable bonds is 4. The molecule has 96 valence electrons. The zero-order chi connectivity index (χ0) is 13.2. The fourth-order valence-electron chi connectivity index (χ4n) is 1.53. The molecule has 0 atom stereocenters. The highest BCUT2D eigenvalue weighted by atomic mass is 35.5. The van der Waals surface area contributed by atoms with Crippen molar-refractivity contribution in [3.8, 4) is 0 Å². The first-order chi connectivity index (χ1) is 7.80. The third kappa shape index (κ3) is 2.88. The Morgan fingerprint density at radius 1 is 1.47 bits per heavy atom. The fraction of sp³-hybridized carbons (Fsp3) is 0.500. The summed E-state index contributed by atoms with van der Waals surface area (Å²) in [7, 11) is -3.61. The summed E-state index contributed by atoms with van der Waals surface area (Å²) in [6.45, 7) is 5.68. The molecule has 1 heterocycles. The Morgan fingerprint density at radius 3 is 2.47 bits per heavy atom. The van der Waals surface area contributed by atoms with Crippen LogP contribution in [0.2, 0.25) is 5.02 Å². The SMILES string of the molecule is CCN(C(C)C)S(=O)(=O)c1c[nH]c(=O)c(Cl)c1. The number of pyridine rings is 1. The van der Waals surface area contributed by atoms with E-state index in [1.807, 2.05) is 0 Å². The zero-order valence-electron chi connectivity index (χ0n) is 9.90. The van der Waals surface area contributed by atoms with Crippen LogP contribution < -0.4 is 5.56 Å². The second kappa shape index (κ2) is 5.20. The second-order valence-corrected chi connectivity index (χ2v) is 6.11. The molecule has 1 N–H and O–H groups in total. The minimum atomic E-state index is -3.61. The van der Waals surface area contributed by atoms with E-state index in [4.69, 9.17) is 11.6 Å². The van der Waals surface area contributed by atoms with E-state index in [9.17, 15) is 13.2 Å². The average Bonchev–Trinajstić information content (AvgIpc) is 2.21. The first-order valence-electron chi connectivity index (χ1n) is 5.20. The van der Waals surface area contributed by atoms with Gasteiger partial charge in [-0.3, -0.25) is 4.79 Å². The number of hydrogen-bond acceptors (Lipinski definition) is 3. The van der Waals surface area contributed by atoms with Crippen molar-refractivity contribution in [2.45, 2.75) is 31.7 Å². The van der Waals surface area contributed by atoms with Gasteiger partial charge in [-0.25, -0.2) is 8.42 Å². The minimum absolute atomic E-state index is 0.00218. The monoisotopic (exact) mass is 278 g/mol. The molecular weight excluding hydrogens is 264 g/mol. The number of aromatic amines is 1. The lowest BCUT2D eigenvalue weighted by atomic mass is 10.4. The minimum Gasteiger partial charge on any atom is -0.326 e. The number of hydrogen-bond donors (Lipinski definition) is 1. The normalized spacial score (nSPS) is 12.4. The first-order valence-corrected chi connectivity index (χ1v) is 7.02. The number of aromatic nitrogens is 1. The zero-order valence-corrected chi connectivity index (χ0v) is 11.5. The maximum Gasteiger partial charge on any atom is 0.266 e. The van der Waals surface area contributed by atoms with Crippen LogP contribution in [-0.4, -0.2) is 30.3 Å². The Kier molecular flexibility index (Phi) is 4.35. The summed E-state index contributed by atoms with van der Waals surface area (Å²) in [5.74, 6) is 0. The van der Waals surface area contributed by atoms with Crippen molar-refractivity contribution in [3.05, 3.63) is 27.6 Å². The number of nitrogens with one attached hydrogen (secondary N) is 1. The molecule has 0 aliphatic heterocycles. The molecule has 7 heteroatoms. The molecule has 0 saturated heterocycles. The number of sulfonamides is 1. The number of nitrogens with zero attached hydrogens (tertiary/aromatic N) is 1. The van der Waals surface area contributed by atoms with Crippen molar-refractivity contribution in [3.63, 3.8) is 0 Å². The Hall–Kier alpha value is -0.850. The summed E-state index contributed by atoms with van der Waals surface area (Å²) in [4.78, 5) is 13.4. The van der Waals surface area contributed by atoms with Crippen LogP contribution in [0.15, 0.2) is 22.0 Å². The van der Waals surface area contributed by atoms with Gasteiger partial charge in [-0.2, -0.15) is 4.31 Å². The molecule has 1 aromatic rings. The molecule has 0 spiro atoms. The lowest BCUT2D eigenvalue weighted by Gasteiger charge is -2.24. The molecule has 0 aliphatic rings. The van der Waals surface area contributed by atoms with Crippen LogP contribution in [0.25, 0.3) is 0 Å². The first kappa shape index (κ1) is 14.2. The van der Waals surface area contributed by atoms with Gasteiger partial charge in [-0.1, -0.05) is 18.5 Å². The third-order valence-electron chi connectivity index (χ3n) is 2.33. The van der Waals surface area contributed by atoms with Crippen LogP contribution in [0.3, 0.4) is 0 Å². The van der Waals surface area contributed by atoms with E-state index in [2.05, 4.69) is 4.98 Å². The van der Waals surface area contributed by atoms with Crippen molar-refractivity contribution in [2.75, 3.05) is 6.54 Å². The lowest BCUT2D eigenvalue weighted by molar-refractivity contribution is 0.369. The quantitative estimate of drug-likeness (QED) is 0.906. The topological polar surface area (TPSA) is 70.2 Å². The molecule has 0 bridgehead atoms. The van der Waals surface area contributed by atoms with Gasteiger partial charge in [0.1, 0.15) is 5.02 Å². The van der Waals surface area contributed by atoms with Gasteiger partial charge in [-0.15, -0.1) is 0 Å². The predicted molar refractivity (Wildman–Crippen MR) is 66.8 cm³/mol. The third-order valence-corrected chi connectivity index (χ3v) is 4.74. The smallest absolute Gasteiger partial charge is 0.266 e. The summed E-state index contributed by atoms with van der Waals surface area (Å²) in [5, 5.41) is -0.133. The second-order valence-electron chi connectivity index (χ2n) is 3.81. The molecule has 0 aromatic carbocycles. The highest BCUT2D eigenvalue weighted by Crippen LogP contribution is 2.18. The van der Waals surface area contributed by atoms with E-state index in [1.165, 1.54) is 10.4 Å². The van der Waals surface area contributed by atoms with Crippen molar-refractivity contribution in [1.82, 2.24) is 9.29 Å². The molecule has 0 aliphatic carbocycles. The molecule has 0 unspecified atom stereocenters. The van der Waals surface area contributed by atoms with Gasteiger partial charge in [0.05, 0.1) is 4.90 Å². The molecule has 1 aromatic heterocycles. The fourth-order valence-corrected chi connectivity index (χ4v) is 3.41. The molecule has 0 fully saturated rings. The molecule has 1 rings (SSSR count). The summed E-state index contributed by atoms with van der Waals surface area (Å²) in [6.07, 6.45) is 1.16. The molecule has 5 nitrogen and oxygen atoms in total. The average molecular weight is 279 g/mol. The number of H-pyrrole nitrogens is 1. The van der Waals surface area contributed by atoms with E-state index in [1.54, 1.807) is 20.8 Å². The van der Waals surface area contributed by atoms with Gasteiger partial charge >= 0.3 is 0 Å². The van der Waals surface area contributed by atoms with Crippen LogP contribution in [-0.2, 0) is 10.0 Å². The van der Waals surface area contributed by atoms with E-state index < -0.39 is 15.6 Å². The van der Waals surface area contributed by atoms with Gasteiger partial charge < -0.3 is 4.98 Å². The van der Waals surface area contributed by atoms with Crippen molar-refractivity contribution in [1.29, 1.82) is 0 Å². The maximum absolute atomic E-state index is 12.2. The molecule has 0 amide bonds. The van der Waals surface area contributed by atoms with Crippen LogP contribution in [0, 0.1) is 0 Å². The summed E-state index contributed by atoms with van der Waals surface area (Å²) < 4.78 is 25.8.